The zero-order chi connectivity index (χ0) is 8.15. The Hall–Kier alpha value is -0.840. The maximum Gasteiger partial charge on any atom is 0.328 e. The molecule has 4 nitrogen and oxygen atoms in total. The Balaban J connectivity index is 3.72. The molecule has 0 fully saturated rings. The highest BCUT2D eigenvalue weighted by Gasteiger charge is 2.11. The third-order valence-electron chi connectivity index (χ3n) is 0.914. The fraction of sp³-hybridized carbons (Fsp3) is 0.600. The van der Waals surface area contributed by atoms with Crippen molar-refractivity contribution in [2.45, 2.75) is 13.0 Å². The lowest BCUT2D eigenvalue weighted by molar-refractivity contribution is -0.142. The van der Waals surface area contributed by atoms with Gasteiger partial charge in [-0.1, -0.05) is 0 Å². The van der Waals surface area contributed by atoms with Crippen molar-refractivity contribution < 1.29 is 9.53 Å². The Labute approximate surface area is 64.7 Å². The summed E-state index contributed by atoms with van der Waals surface area (Å²) >= 11 is 4.50. The smallest absolute Gasteiger partial charge is 0.328 e. The first-order valence-electron chi connectivity index (χ1n) is 2.71. The van der Waals surface area contributed by atoms with Crippen LogP contribution in [0, 0.1) is 0 Å². The number of esters is 1. The number of methoxy groups -OCH3 is 1. The van der Waals surface area contributed by atoms with E-state index in [1.165, 1.54) is 7.11 Å². The first kappa shape index (κ1) is 9.16. The monoisotopic (exact) mass is 162 g/mol. The number of hydrogen-bond acceptors (Lipinski definition) is 3. The van der Waals surface area contributed by atoms with E-state index in [4.69, 9.17) is 5.73 Å². The third kappa shape index (κ3) is 3.24. The third-order valence-corrected chi connectivity index (χ3v) is 1.03. The van der Waals surface area contributed by atoms with E-state index in [2.05, 4.69) is 22.3 Å². The predicted octanol–water partition coefficient (Wildman–Crippen LogP) is -0.619. The number of thiocarbonyl (C=S) groups is 1. The minimum atomic E-state index is -0.470. The molecular weight excluding hydrogens is 152 g/mol. The van der Waals surface area contributed by atoms with E-state index in [0.29, 0.717) is 0 Å². The minimum absolute atomic E-state index is 0.0953. The molecule has 1 atom stereocenters. The molecule has 0 aliphatic heterocycles. The summed E-state index contributed by atoms with van der Waals surface area (Å²) in [5.41, 5.74) is 5.10. The fourth-order valence-corrected chi connectivity index (χ4v) is 0.626. The summed E-state index contributed by atoms with van der Waals surface area (Å²) in [6, 6.07) is -0.470. The summed E-state index contributed by atoms with van der Waals surface area (Å²) in [5, 5.41) is 2.62. The van der Waals surface area contributed by atoms with Crippen LogP contribution in [0.1, 0.15) is 6.92 Å². The van der Waals surface area contributed by atoms with Crippen molar-refractivity contribution in [1.82, 2.24) is 5.32 Å². The lowest BCUT2D eigenvalue weighted by Gasteiger charge is -2.09. The standard InChI is InChI=1S/C5H10N2O2S/c1-3(4(8)9-2)7-5(6)10/h3H,1-2H3,(H3,6,7,10). The average Bonchev–Trinajstić information content (AvgIpc) is 1.85. The van der Waals surface area contributed by atoms with Gasteiger partial charge in [-0.25, -0.2) is 4.79 Å². The van der Waals surface area contributed by atoms with Crippen LogP contribution in [0.3, 0.4) is 0 Å². The largest absolute Gasteiger partial charge is 0.467 e. The van der Waals surface area contributed by atoms with E-state index < -0.39 is 6.04 Å². The van der Waals surface area contributed by atoms with Crippen molar-refractivity contribution in [2.75, 3.05) is 7.11 Å². The molecule has 0 aliphatic rings. The topological polar surface area (TPSA) is 64.3 Å². The van der Waals surface area contributed by atoms with Gasteiger partial charge in [0.25, 0.3) is 0 Å². The van der Waals surface area contributed by atoms with Gasteiger partial charge in [-0.15, -0.1) is 0 Å². The normalized spacial score (nSPS) is 11.8. The summed E-state index contributed by atoms with van der Waals surface area (Å²) in [6.07, 6.45) is 0. The molecular formula is C5H10N2O2S. The van der Waals surface area contributed by atoms with Crippen LogP contribution < -0.4 is 11.1 Å². The number of carbonyl (C=O) groups is 1. The van der Waals surface area contributed by atoms with Gasteiger partial charge in [-0.05, 0) is 19.1 Å². The van der Waals surface area contributed by atoms with E-state index in [-0.39, 0.29) is 11.1 Å². The van der Waals surface area contributed by atoms with Crippen LogP contribution in [0.15, 0.2) is 0 Å². The molecule has 58 valence electrons. The zero-order valence-corrected chi connectivity index (χ0v) is 6.70. The molecule has 0 rings (SSSR count). The molecule has 0 saturated carbocycles. The maximum atomic E-state index is 10.6. The molecule has 0 saturated heterocycles. The molecule has 0 bridgehead atoms. The highest BCUT2D eigenvalue weighted by atomic mass is 32.1. The highest BCUT2D eigenvalue weighted by molar-refractivity contribution is 7.80. The van der Waals surface area contributed by atoms with Gasteiger partial charge in [0.2, 0.25) is 0 Å². The molecule has 1 unspecified atom stereocenters. The van der Waals surface area contributed by atoms with Gasteiger partial charge in [0.15, 0.2) is 5.11 Å². The molecule has 0 aromatic carbocycles. The van der Waals surface area contributed by atoms with Gasteiger partial charge >= 0.3 is 5.97 Å². The zero-order valence-electron chi connectivity index (χ0n) is 5.88. The van der Waals surface area contributed by atoms with Gasteiger partial charge in [0.05, 0.1) is 7.11 Å². The Kier molecular flexibility index (Phi) is 3.71. The second kappa shape index (κ2) is 4.05. The summed E-state index contributed by atoms with van der Waals surface area (Å²) < 4.78 is 4.40. The van der Waals surface area contributed by atoms with Crippen LogP contribution >= 0.6 is 12.2 Å². The number of carbonyl (C=O) groups excluding carboxylic acids is 1. The van der Waals surface area contributed by atoms with Crippen LogP contribution in [0.25, 0.3) is 0 Å². The molecule has 0 aromatic rings. The Morgan fingerprint density at radius 1 is 1.80 bits per heavy atom. The van der Waals surface area contributed by atoms with E-state index >= 15 is 0 Å². The van der Waals surface area contributed by atoms with E-state index in [1.807, 2.05) is 0 Å². The van der Waals surface area contributed by atoms with Crippen molar-refractivity contribution in [2.24, 2.45) is 5.73 Å². The van der Waals surface area contributed by atoms with Crippen LogP contribution in [0.4, 0.5) is 0 Å². The van der Waals surface area contributed by atoms with E-state index in [1.54, 1.807) is 6.92 Å². The van der Waals surface area contributed by atoms with Crippen LogP contribution in [-0.4, -0.2) is 24.2 Å². The van der Waals surface area contributed by atoms with Crippen LogP contribution in [0.2, 0.25) is 0 Å². The Morgan fingerprint density at radius 3 is 2.60 bits per heavy atom. The summed E-state index contributed by atoms with van der Waals surface area (Å²) in [6.45, 7) is 1.62. The lowest BCUT2D eigenvalue weighted by atomic mass is 10.3. The Morgan fingerprint density at radius 2 is 2.30 bits per heavy atom. The van der Waals surface area contributed by atoms with Crippen molar-refractivity contribution in [1.29, 1.82) is 0 Å². The first-order chi connectivity index (χ1) is 4.57. The fourth-order valence-electron chi connectivity index (χ4n) is 0.449. The van der Waals surface area contributed by atoms with Gasteiger partial charge in [0.1, 0.15) is 6.04 Å². The quantitative estimate of drug-likeness (QED) is 0.418. The molecule has 0 aromatic heterocycles. The molecule has 3 N–H and O–H groups in total. The van der Waals surface area contributed by atoms with Gasteiger partial charge in [-0.2, -0.15) is 0 Å². The van der Waals surface area contributed by atoms with Crippen molar-refractivity contribution >= 4 is 23.3 Å². The Bertz CT molecular complexity index is 149. The number of rotatable bonds is 2. The molecule has 0 aliphatic carbocycles. The second-order valence-electron chi connectivity index (χ2n) is 1.75. The number of ether oxygens (including phenoxy) is 1. The van der Waals surface area contributed by atoms with Gasteiger partial charge in [0, 0.05) is 0 Å². The van der Waals surface area contributed by atoms with E-state index in [0.717, 1.165) is 0 Å². The molecule has 0 amide bonds. The van der Waals surface area contributed by atoms with Gasteiger partial charge < -0.3 is 15.8 Å². The molecule has 0 spiro atoms. The highest BCUT2D eigenvalue weighted by Crippen LogP contribution is 1.83. The second-order valence-corrected chi connectivity index (χ2v) is 2.19. The van der Waals surface area contributed by atoms with Crippen molar-refractivity contribution in [3.8, 4) is 0 Å². The van der Waals surface area contributed by atoms with Gasteiger partial charge in [-0.3, -0.25) is 0 Å². The average molecular weight is 162 g/mol. The van der Waals surface area contributed by atoms with Crippen molar-refractivity contribution in [3.05, 3.63) is 0 Å². The van der Waals surface area contributed by atoms with Crippen LogP contribution in [0.5, 0.6) is 0 Å². The summed E-state index contributed by atoms with van der Waals surface area (Å²) in [4.78, 5) is 10.6. The van der Waals surface area contributed by atoms with E-state index in [9.17, 15) is 4.79 Å². The molecule has 5 heteroatoms. The molecule has 0 radical (unpaired) electrons. The maximum absolute atomic E-state index is 10.6. The molecule has 10 heavy (non-hydrogen) atoms. The molecule has 0 heterocycles. The number of nitrogens with two attached hydrogens (primary N) is 1. The number of nitrogens with one attached hydrogen (secondary N) is 1. The van der Waals surface area contributed by atoms with Crippen molar-refractivity contribution in [3.63, 3.8) is 0 Å². The minimum Gasteiger partial charge on any atom is -0.467 e. The van der Waals surface area contributed by atoms with Crippen LogP contribution in [-0.2, 0) is 9.53 Å². The first-order valence-corrected chi connectivity index (χ1v) is 3.12. The lowest BCUT2D eigenvalue weighted by Crippen LogP contribution is -2.41. The SMILES string of the molecule is COC(=O)C(C)NC(N)=S. The summed E-state index contributed by atoms with van der Waals surface area (Å²) in [5.74, 6) is -0.382. The number of hydrogen-bond donors (Lipinski definition) is 2. The predicted molar refractivity (Wildman–Crippen MR) is 41.4 cm³/mol. The summed E-state index contributed by atoms with van der Waals surface area (Å²) in [7, 11) is 1.31.